The molecule has 0 aromatic carbocycles. The van der Waals surface area contributed by atoms with Gasteiger partial charge in [0, 0.05) is 24.8 Å². The molecular weight excluding hydrogens is 242 g/mol. The van der Waals surface area contributed by atoms with Crippen LogP contribution in [0.3, 0.4) is 0 Å². The first kappa shape index (κ1) is 14.1. The molecule has 1 fully saturated rings. The lowest BCUT2D eigenvalue weighted by Crippen LogP contribution is -2.34. The second kappa shape index (κ2) is 6.70. The number of nitrogens with zero attached hydrogens (tertiary/aromatic N) is 1. The van der Waals surface area contributed by atoms with Gasteiger partial charge in [-0.25, -0.2) is 4.79 Å². The van der Waals surface area contributed by atoms with Crippen LogP contribution in [0.25, 0.3) is 0 Å². The van der Waals surface area contributed by atoms with Gasteiger partial charge < -0.3 is 5.32 Å². The molecule has 1 saturated carbocycles. The average Bonchev–Trinajstić information content (AvgIpc) is 2.41. The standard InChI is InChI=1S/C14H23N3O2/c1-11-10-17(14(19)16-13(11)18)8-7-15-9-12-5-3-2-4-6-12/h10,12,15H,2-9H2,1H3,(H,16,18,19). The van der Waals surface area contributed by atoms with Crippen LogP contribution in [0.15, 0.2) is 15.8 Å². The Balaban J connectivity index is 1.78. The van der Waals surface area contributed by atoms with E-state index in [1.807, 2.05) is 0 Å². The predicted molar refractivity (Wildman–Crippen MR) is 75.5 cm³/mol. The maximum Gasteiger partial charge on any atom is 0.328 e. The van der Waals surface area contributed by atoms with Gasteiger partial charge in [0.15, 0.2) is 0 Å². The van der Waals surface area contributed by atoms with Crippen LogP contribution in [0, 0.1) is 12.8 Å². The van der Waals surface area contributed by atoms with Gasteiger partial charge in [-0.3, -0.25) is 14.3 Å². The maximum absolute atomic E-state index is 11.6. The molecule has 0 saturated heterocycles. The highest BCUT2D eigenvalue weighted by atomic mass is 16.2. The molecule has 1 aliphatic carbocycles. The minimum atomic E-state index is -0.324. The van der Waals surface area contributed by atoms with E-state index in [1.165, 1.54) is 32.1 Å². The second-order valence-electron chi connectivity index (χ2n) is 5.47. The molecule has 1 aliphatic rings. The van der Waals surface area contributed by atoms with Crippen LogP contribution in [0.1, 0.15) is 37.7 Å². The highest BCUT2D eigenvalue weighted by Gasteiger charge is 2.12. The smallest absolute Gasteiger partial charge is 0.315 e. The minimum Gasteiger partial charge on any atom is -0.315 e. The lowest BCUT2D eigenvalue weighted by Gasteiger charge is -2.21. The molecule has 19 heavy (non-hydrogen) atoms. The largest absolute Gasteiger partial charge is 0.328 e. The normalized spacial score (nSPS) is 16.7. The quantitative estimate of drug-likeness (QED) is 0.781. The Bertz CT molecular complexity index is 512. The highest BCUT2D eigenvalue weighted by molar-refractivity contribution is 5.00. The molecule has 0 spiro atoms. The topological polar surface area (TPSA) is 66.9 Å². The number of hydrogen-bond donors (Lipinski definition) is 2. The predicted octanol–water partition coefficient (Wildman–Crippen LogP) is 1.01. The van der Waals surface area contributed by atoms with Crippen molar-refractivity contribution in [3.63, 3.8) is 0 Å². The molecule has 5 nitrogen and oxygen atoms in total. The summed E-state index contributed by atoms with van der Waals surface area (Å²) in [5.41, 5.74) is -0.0432. The fraction of sp³-hybridized carbons (Fsp3) is 0.714. The summed E-state index contributed by atoms with van der Waals surface area (Å²) in [7, 11) is 0. The molecule has 0 radical (unpaired) electrons. The molecule has 2 N–H and O–H groups in total. The summed E-state index contributed by atoms with van der Waals surface area (Å²) in [6, 6.07) is 0. The second-order valence-corrected chi connectivity index (χ2v) is 5.47. The fourth-order valence-electron chi connectivity index (χ4n) is 2.68. The first-order valence-corrected chi connectivity index (χ1v) is 7.18. The van der Waals surface area contributed by atoms with Crippen molar-refractivity contribution in [3.05, 3.63) is 32.6 Å². The van der Waals surface area contributed by atoms with Gasteiger partial charge in [-0.15, -0.1) is 0 Å². The summed E-state index contributed by atoms with van der Waals surface area (Å²) in [5, 5.41) is 3.41. The third-order valence-corrected chi connectivity index (χ3v) is 3.88. The molecular formula is C14H23N3O2. The minimum absolute atomic E-state index is 0.295. The van der Waals surface area contributed by atoms with Gasteiger partial charge in [-0.05, 0) is 32.2 Å². The molecule has 0 aliphatic heterocycles. The summed E-state index contributed by atoms with van der Waals surface area (Å²) in [6.07, 6.45) is 8.36. The van der Waals surface area contributed by atoms with E-state index < -0.39 is 0 Å². The zero-order valence-corrected chi connectivity index (χ0v) is 11.6. The van der Waals surface area contributed by atoms with Crippen LogP contribution in [0.5, 0.6) is 0 Å². The van der Waals surface area contributed by atoms with Gasteiger partial charge in [-0.2, -0.15) is 0 Å². The summed E-state index contributed by atoms with van der Waals surface area (Å²) >= 11 is 0. The van der Waals surface area contributed by atoms with E-state index >= 15 is 0 Å². The lowest BCUT2D eigenvalue weighted by atomic mass is 9.89. The number of aryl methyl sites for hydroxylation is 1. The van der Waals surface area contributed by atoms with Crippen LogP contribution in [-0.4, -0.2) is 22.6 Å². The number of hydrogen-bond acceptors (Lipinski definition) is 3. The molecule has 0 bridgehead atoms. The Hall–Kier alpha value is -1.36. The van der Waals surface area contributed by atoms with Crippen molar-refractivity contribution in [2.75, 3.05) is 13.1 Å². The summed E-state index contributed by atoms with van der Waals surface area (Å²) < 4.78 is 1.56. The van der Waals surface area contributed by atoms with Crippen LogP contribution >= 0.6 is 0 Å². The maximum atomic E-state index is 11.6. The van der Waals surface area contributed by atoms with Crippen LogP contribution in [0.4, 0.5) is 0 Å². The molecule has 1 heterocycles. The van der Waals surface area contributed by atoms with E-state index in [4.69, 9.17) is 0 Å². The highest BCUT2D eigenvalue weighted by Crippen LogP contribution is 2.22. The Morgan fingerprint density at radius 1 is 1.32 bits per heavy atom. The molecule has 0 atom stereocenters. The van der Waals surface area contributed by atoms with Crippen LogP contribution in [0.2, 0.25) is 0 Å². The number of aromatic nitrogens is 2. The first-order chi connectivity index (χ1) is 9.16. The van der Waals surface area contributed by atoms with Gasteiger partial charge in [-0.1, -0.05) is 19.3 Å². The molecule has 1 aromatic heterocycles. The van der Waals surface area contributed by atoms with Gasteiger partial charge in [0.1, 0.15) is 0 Å². The van der Waals surface area contributed by atoms with Crippen molar-refractivity contribution >= 4 is 0 Å². The lowest BCUT2D eigenvalue weighted by molar-refractivity contribution is 0.340. The van der Waals surface area contributed by atoms with Gasteiger partial charge in [0.05, 0.1) is 0 Å². The van der Waals surface area contributed by atoms with Crippen molar-refractivity contribution in [2.45, 2.75) is 45.6 Å². The SMILES string of the molecule is Cc1cn(CCNCC2CCCCC2)c(=O)[nH]c1=O. The van der Waals surface area contributed by atoms with Crippen LogP contribution < -0.4 is 16.6 Å². The van der Waals surface area contributed by atoms with Crippen molar-refractivity contribution in [2.24, 2.45) is 5.92 Å². The summed E-state index contributed by atoms with van der Waals surface area (Å²) in [6.45, 7) is 4.12. The Kier molecular flexibility index (Phi) is 4.96. The molecule has 0 amide bonds. The third kappa shape index (κ3) is 4.06. The fourth-order valence-corrected chi connectivity index (χ4v) is 2.68. The van der Waals surface area contributed by atoms with Gasteiger partial charge in [0.25, 0.3) is 5.56 Å². The Morgan fingerprint density at radius 2 is 2.05 bits per heavy atom. The van der Waals surface area contributed by atoms with Crippen molar-refractivity contribution in [1.82, 2.24) is 14.9 Å². The number of H-pyrrole nitrogens is 1. The Morgan fingerprint density at radius 3 is 2.79 bits per heavy atom. The summed E-state index contributed by atoms with van der Waals surface area (Å²) in [5.74, 6) is 0.794. The van der Waals surface area contributed by atoms with Crippen molar-refractivity contribution in [3.8, 4) is 0 Å². The summed E-state index contributed by atoms with van der Waals surface area (Å²) in [4.78, 5) is 25.1. The van der Waals surface area contributed by atoms with E-state index in [0.29, 0.717) is 12.1 Å². The van der Waals surface area contributed by atoms with Crippen molar-refractivity contribution < 1.29 is 0 Å². The molecule has 0 unspecified atom stereocenters. The third-order valence-electron chi connectivity index (χ3n) is 3.88. The van der Waals surface area contributed by atoms with E-state index in [1.54, 1.807) is 17.7 Å². The van der Waals surface area contributed by atoms with E-state index in [-0.39, 0.29) is 11.2 Å². The van der Waals surface area contributed by atoms with E-state index in [0.717, 1.165) is 19.0 Å². The zero-order valence-electron chi connectivity index (χ0n) is 11.6. The number of nitrogens with one attached hydrogen (secondary N) is 2. The van der Waals surface area contributed by atoms with Crippen molar-refractivity contribution in [1.29, 1.82) is 0 Å². The zero-order chi connectivity index (χ0) is 13.7. The molecule has 106 valence electrons. The molecule has 5 heteroatoms. The van der Waals surface area contributed by atoms with Crippen LogP contribution in [-0.2, 0) is 6.54 Å². The molecule has 1 aromatic rings. The first-order valence-electron chi connectivity index (χ1n) is 7.18. The van der Waals surface area contributed by atoms with E-state index in [2.05, 4.69) is 10.3 Å². The van der Waals surface area contributed by atoms with Gasteiger partial charge in [0.2, 0.25) is 0 Å². The van der Waals surface area contributed by atoms with Gasteiger partial charge >= 0.3 is 5.69 Å². The monoisotopic (exact) mass is 265 g/mol. The molecule has 2 rings (SSSR count). The average molecular weight is 265 g/mol. The number of aromatic amines is 1. The van der Waals surface area contributed by atoms with E-state index in [9.17, 15) is 9.59 Å². The Labute approximate surface area is 113 Å². The number of rotatable bonds is 5.